The molecule has 27 heavy (non-hydrogen) atoms. The molecule has 0 bridgehead atoms. The van der Waals surface area contributed by atoms with Gasteiger partial charge in [0.25, 0.3) is 0 Å². The number of piperidine rings is 1. The number of carbonyl (C=O) groups excluding carboxylic acids is 1. The molecule has 0 aromatic carbocycles. The molecule has 0 radical (unpaired) electrons. The molecule has 4 fully saturated rings. The summed E-state index contributed by atoms with van der Waals surface area (Å²) in [4.78, 5) is 23.9. The van der Waals surface area contributed by atoms with Gasteiger partial charge in [-0.1, -0.05) is 13.8 Å². The first-order valence-electron chi connectivity index (χ1n) is 10.7. The minimum atomic E-state index is -0.979. The van der Waals surface area contributed by atoms with Crippen molar-refractivity contribution in [3.63, 3.8) is 0 Å². The van der Waals surface area contributed by atoms with Crippen molar-refractivity contribution in [1.82, 2.24) is 5.32 Å². The van der Waals surface area contributed by atoms with Crippen LogP contribution in [0.1, 0.15) is 71.6 Å². The van der Waals surface area contributed by atoms with Crippen molar-refractivity contribution in [2.24, 2.45) is 40.4 Å². The van der Waals surface area contributed by atoms with E-state index in [-0.39, 0.29) is 17.4 Å². The summed E-state index contributed by atoms with van der Waals surface area (Å²) in [5, 5.41) is 21.6. The Morgan fingerprint density at radius 2 is 1.93 bits per heavy atom. The van der Waals surface area contributed by atoms with E-state index in [1.165, 1.54) is 19.3 Å². The van der Waals surface area contributed by atoms with Crippen LogP contribution in [0.25, 0.3) is 0 Å². The Labute approximate surface area is 161 Å². The van der Waals surface area contributed by atoms with Crippen LogP contribution >= 0.6 is 0 Å². The number of hydrogen-bond donors (Lipinski definition) is 2. The van der Waals surface area contributed by atoms with E-state index in [4.69, 9.17) is 5.26 Å². The number of nitriles is 1. The zero-order valence-electron chi connectivity index (χ0n) is 16.5. The maximum Gasteiger partial charge on any atom is 0.316 e. The number of hydrogen-bond acceptors (Lipinski definition) is 3. The van der Waals surface area contributed by atoms with Crippen LogP contribution in [0.4, 0.5) is 0 Å². The summed E-state index contributed by atoms with van der Waals surface area (Å²) in [6, 6.07) is 2.46. The van der Waals surface area contributed by atoms with E-state index < -0.39 is 11.9 Å². The van der Waals surface area contributed by atoms with Crippen LogP contribution in [0, 0.1) is 51.8 Å². The van der Waals surface area contributed by atoms with Crippen LogP contribution in [-0.4, -0.2) is 23.0 Å². The topological polar surface area (TPSA) is 90.2 Å². The normalized spacial score (nSPS) is 48.6. The molecule has 5 nitrogen and oxygen atoms in total. The molecule has 3 aliphatic carbocycles. The van der Waals surface area contributed by atoms with Gasteiger partial charge in [0, 0.05) is 12.5 Å². The zero-order valence-corrected chi connectivity index (χ0v) is 16.5. The summed E-state index contributed by atoms with van der Waals surface area (Å²) in [5.41, 5.74) is 0.233. The highest BCUT2D eigenvalue weighted by Crippen LogP contribution is 2.66. The third kappa shape index (κ3) is 2.70. The standard InChI is InChI=1S/C22H32N2O3/c1-21-10-9-17-14(16(21)7-5-13(21)4-3-11-23)6-8-18-22(17,2)12-15(20(26)27)19(25)24-18/h13-18H,3-10,12H2,1-2H3,(H,24,25)(H,26,27)/t13?,14-,15?,16-,17+,18?,21+,22+/m0/s1. The second-order valence-corrected chi connectivity index (χ2v) is 10.1. The predicted molar refractivity (Wildman–Crippen MR) is 100 cm³/mol. The average molecular weight is 373 g/mol. The van der Waals surface area contributed by atoms with Crippen molar-refractivity contribution in [3.05, 3.63) is 0 Å². The molecule has 1 heterocycles. The van der Waals surface area contributed by atoms with Crippen LogP contribution in [0.2, 0.25) is 0 Å². The van der Waals surface area contributed by atoms with Crippen LogP contribution in [0.5, 0.6) is 0 Å². The van der Waals surface area contributed by atoms with Gasteiger partial charge in [0.1, 0.15) is 5.92 Å². The molecule has 3 unspecified atom stereocenters. The molecule has 8 atom stereocenters. The summed E-state index contributed by atoms with van der Waals surface area (Å²) in [7, 11) is 0. The number of carboxylic acid groups (broad SMARTS) is 1. The van der Waals surface area contributed by atoms with E-state index in [1.807, 2.05) is 0 Å². The van der Waals surface area contributed by atoms with Gasteiger partial charge in [-0.25, -0.2) is 0 Å². The first-order valence-corrected chi connectivity index (χ1v) is 10.7. The highest BCUT2D eigenvalue weighted by molar-refractivity contribution is 5.97. The largest absolute Gasteiger partial charge is 0.481 e. The quantitative estimate of drug-likeness (QED) is 0.739. The van der Waals surface area contributed by atoms with Crippen molar-refractivity contribution in [3.8, 4) is 6.07 Å². The Bertz CT molecular complexity index is 686. The maximum atomic E-state index is 12.3. The lowest BCUT2D eigenvalue weighted by atomic mass is 9.46. The number of fused-ring (bicyclic) bond motifs is 5. The Balaban J connectivity index is 1.59. The first kappa shape index (κ1) is 18.8. The molecule has 0 spiro atoms. The molecule has 3 saturated carbocycles. The Hall–Kier alpha value is -1.57. The number of carboxylic acids is 1. The lowest BCUT2D eigenvalue weighted by Crippen LogP contribution is -2.64. The van der Waals surface area contributed by atoms with E-state index >= 15 is 0 Å². The fourth-order valence-electron chi connectivity index (χ4n) is 7.81. The number of carbonyl (C=O) groups is 2. The van der Waals surface area contributed by atoms with Crippen LogP contribution in [0.15, 0.2) is 0 Å². The second kappa shape index (κ2) is 6.50. The smallest absolute Gasteiger partial charge is 0.316 e. The number of nitrogens with one attached hydrogen (secondary N) is 1. The summed E-state index contributed by atoms with van der Waals surface area (Å²) in [5.74, 6) is 0.331. The molecule has 1 aliphatic heterocycles. The lowest BCUT2D eigenvalue weighted by molar-refractivity contribution is -0.160. The molecule has 4 aliphatic rings. The summed E-state index contributed by atoms with van der Waals surface area (Å²) in [6.07, 6.45) is 9.11. The predicted octanol–water partition coefficient (Wildman–Crippen LogP) is 3.74. The molecule has 5 heteroatoms. The first-order chi connectivity index (χ1) is 12.8. The highest BCUT2D eigenvalue weighted by atomic mass is 16.4. The molecular weight excluding hydrogens is 340 g/mol. The minimum Gasteiger partial charge on any atom is -0.481 e. The summed E-state index contributed by atoms with van der Waals surface area (Å²) >= 11 is 0. The van der Waals surface area contributed by atoms with Gasteiger partial charge in [0.2, 0.25) is 5.91 Å². The number of aliphatic carboxylic acids is 1. The Morgan fingerprint density at radius 1 is 1.19 bits per heavy atom. The van der Waals surface area contributed by atoms with Crippen LogP contribution < -0.4 is 5.32 Å². The second-order valence-electron chi connectivity index (χ2n) is 10.1. The average Bonchev–Trinajstić information content (AvgIpc) is 2.96. The number of amides is 1. The Kier molecular flexibility index (Phi) is 4.52. The monoisotopic (exact) mass is 372 g/mol. The van der Waals surface area contributed by atoms with E-state index in [2.05, 4.69) is 25.2 Å². The highest BCUT2D eigenvalue weighted by Gasteiger charge is 2.61. The molecule has 1 saturated heterocycles. The SMILES string of the molecule is C[C@]12CC(C(=O)O)C(=O)NC1CC[C@@H]1[C@H]2CC[C@]2(C)C(CCC#N)CC[C@@H]12. The zero-order chi connectivity index (χ0) is 19.4. The third-order valence-electron chi connectivity index (χ3n) is 9.24. The summed E-state index contributed by atoms with van der Waals surface area (Å²) < 4.78 is 0. The van der Waals surface area contributed by atoms with E-state index in [0.717, 1.165) is 25.7 Å². The molecule has 1 amide bonds. The van der Waals surface area contributed by atoms with Gasteiger partial charge in [-0.3, -0.25) is 9.59 Å². The third-order valence-corrected chi connectivity index (χ3v) is 9.24. The van der Waals surface area contributed by atoms with Crippen LogP contribution in [-0.2, 0) is 9.59 Å². The van der Waals surface area contributed by atoms with Gasteiger partial charge >= 0.3 is 5.97 Å². The van der Waals surface area contributed by atoms with Gasteiger partial charge in [0.05, 0.1) is 6.07 Å². The molecule has 2 N–H and O–H groups in total. The molecule has 0 aromatic heterocycles. The number of rotatable bonds is 3. The molecule has 4 rings (SSSR count). The fraction of sp³-hybridized carbons (Fsp3) is 0.864. The van der Waals surface area contributed by atoms with Crippen molar-refractivity contribution in [2.75, 3.05) is 0 Å². The molecular formula is C22H32N2O3. The van der Waals surface area contributed by atoms with E-state index in [1.54, 1.807) is 0 Å². The Morgan fingerprint density at radius 3 is 2.63 bits per heavy atom. The number of nitrogens with zero attached hydrogens (tertiary/aromatic N) is 1. The van der Waals surface area contributed by atoms with Crippen molar-refractivity contribution >= 4 is 11.9 Å². The van der Waals surface area contributed by atoms with Gasteiger partial charge in [-0.2, -0.15) is 5.26 Å². The maximum absolute atomic E-state index is 12.3. The molecule has 0 aromatic rings. The van der Waals surface area contributed by atoms with Crippen molar-refractivity contribution in [1.29, 1.82) is 5.26 Å². The van der Waals surface area contributed by atoms with Gasteiger partial charge in [-0.15, -0.1) is 0 Å². The van der Waals surface area contributed by atoms with Crippen molar-refractivity contribution in [2.45, 2.75) is 77.7 Å². The van der Waals surface area contributed by atoms with E-state index in [0.29, 0.717) is 41.9 Å². The summed E-state index contributed by atoms with van der Waals surface area (Å²) in [6.45, 7) is 4.70. The van der Waals surface area contributed by atoms with Crippen molar-refractivity contribution < 1.29 is 14.7 Å². The van der Waals surface area contributed by atoms with Gasteiger partial charge in [0.15, 0.2) is 0 Å². The molecule has 148 valence electrons. The minimum absolute atomic E-state index is 0.105. The van der Waals surface area contributed by atoms with Gasteiger partial charge in [-0.05, 0) is 85.9 Å². The van der Waals surface area contributed by atoms with Crippen LogP contribution in [0.3, 0.4) is 0 Å². The fourth-order valence-corrected chi connectivity index (χ4v) is 7.81. The lowest BCUT2D eigenvalue weighted by Gasteiger charge is -2.60. The van der Waals surface area contributed by atoms with Gasteiger partial charge < -0.3 is 10.4 Å². The van der Waals surface area contributed by atoms with E-state index in [9.17, 15) is 14.7 Å².